The van der Waals surface area contributed by atoms with E-state index in [2.05, 4.69) is 6.92 Å². The minimum atomic E-state index is -0.804. The van der Waals surface area contributed by atoms with Crippen LogP contribution in [0.5, 0.6) is 5.75 Å². The van der Waals surface area contributed by atoms with Crippen LogP contribution in [0.3, 0.4) is 0 Å². The Morgan fingerprint density at radius 2 is 2.00 bits per heavy atom. The van der Waals surface area contributed by atoms with E-state index in [4.69, 9.17) is 10.5 Å². The molecule has 0 aliphatic carbocycles. The average molecular weight is 290 g/mol. The maximum atomic E-state index is 12.6. The van der Waals surface area contributed by atoms with Crippen molar-refractivity contribution in [2.45, 2.75) is 58.6 Å². The maximum Gasteiger partial charge on any atom is 0.270 e. The molecular formula is C17H26N2O2. The first kappa shape index (κ1) is 15.8. The van der Waals surface area contributed by atoms with Gasteiger partial charge in [0.1, 0.15) is 5.75 Å². The van der Waals surface area contributed by atoms with Gasteiger partial charge in [0.05, 0.1) is 5.69 Å². The van der Waals surface area contributed by atoms with Crippen LogP contribution in [0.1, 0.15) is 52.0 Å². The van der Waals surface area contributed by atoms with Crippen molar-refractivity contribution in [1.29, 1.82) is 0 Å². The highest BCUT2D eigenvalue weighted by Crippen LogP contribution is 2.38. The molecule has 116 valence electrons. The Morgan fingerprint density at radius 1 is 1.24 bits per heavy atom. The number of amides is 1. The quantitative estimate of drug-likeness (QED) is 0.818. The van der Waals surface area contributed by atoms with E-state index in [1.165, 1.54) is 12.8 Å². The zero-order valence-electron chi connectivity index (χ0n) is 13.3. The molecule has 4 nitrogen and oxygen atoms in total. The lowest BCUT2D eigenvalue weighted by Crippen LogP contribution is -2.52. The molecule has 1 amide bonds. The number of carbonyl (C=O) groups is 1. The monoisotopic (exact) mass is 290 g/mol. The Kier molecular flexibility index (Phi) is 4.88. The lowest BCUT2D eigenvalue weighted by atomic mass is 10.0. The fourth-order valence-corrected chi connectivity index (χ4v) is 2.66. The van der Waals surface area contributed by atoms with Crippen molar-refractivity contribution in [3.63, 3.8) is 0 Å². The lowest BCUT2D eigenvalue weighted by Gasteiger charge is -2.39. The molecule has 2 N–H and O–H groups in total. The molecule has 0 unspecified atom stereocenters. The van der Waals surface area contributed by atoms with Crippen molar-refractivity contribution < 1.29 is 9.53 Å². The van der Waals surface area contributed by atoms with E-state index in [1.54, 1.807) is 0 Å². The van der Waals surface area contributed by atoms with Gasteiger partial charge in [0.15, 0.2) is 5.60 Å². The number of nitrogens with zero attached hydrogens (tertiary/aromatic N) is 1. The molecule has 0 aromatic heterocycles. The summed E-state index contributed by atoms with van der Waals surface area (Å²) in [4.78, 5) is 14.5. The van der Waals surface area contributed by atoms with Crippen LogP contribution in [0.15, 0.2) is 18.2 Å². The third kappa shape index (κ3) is 3.38. The van der Waals surface area contributed by atoms with Crippen LogP contribution in [0.4, 0.5) is 5.69 Å². The Bertz CT molecular complexity index is 512. The molecule has 0 saturated heterocycles. The van der Waals surface area contributed by atoms with Crippen molar-refractivity contribution in [2.24, 2.45) is 5.73 Å². The lowest BCUT2D eigenvalue weighted by molar-refractivity contribution is -0.132. The average Bonchev–Trinajstić information content (AvgIpc) is 2.46. The minimum Gasteiger partial charge on any atom is -0.476 e. The van der Waals surface area contributed by atoms with E-state index in [0.717, 1.165) is 36.4 Å². The molecule has 0 atom stereocenters. The first-order chi connectivity index (χ1) is 9.99. The third-order valence-corrected chi connectivity index (χ3v) is 3.91. The number of carbonyl (C=O) groups excluding carboxylic acids is 1. The SMILES string of the molecule is CCCCCCN1C(=O)C(C)(C)Oc2ccc(CN)cc21. The molecule has 1 aliphatic rings. The molecule has 0 bridgehead atoms. The maximum absolute atomic E-state index is 12.6. The van der Waals surface area contributed by atoms with Gasteiger partial charge in [0.25, 0.3) is 5.91 Å². The van der Waals surface area contributed by atoms with Crippen LogP contribution >= 0.6 is 0 Å². The van der Waals surface area contributed by atoms with Gasteiger partial charge < -0.3 is 15.4 Å². The fourth-order valence-electron chi connectivity index (χ4n) is 2.66. The fraction of sp³-hybridized carbons (Fsp3) is 0.588. The van der Waals surface area contributed by atoms with Crippen LogP contribution in [0, 0.1) is 0 Å². The van der Waals surface area contributed by atoms with Gasteiger partial charge in [-0.15, -0.1) is 0 Å². The Morgan fingerprint density at radius 3 is 2.67 bits per heavy atom. The molecule has 4 heteroatoms. The van der Waals surface area contributed by atoms with Gasteiger partial charge in [-0.1, -0.05) is 32.3 Å². The number of hydrogen-bond acceptors (Lipinski definition) is 3. The normalized spacial score (nSPS) is 16.6. The second kappa shape index (κ2) is 6.48. The van der Waals surface area contributed by atoms with Gasteiger partial charge >= 0.3 is 0 Å². The number of rotatable bonds is 6. The van der Waals surface area contributed by atoms with Crippen LogP contribution in [-0.4, -0.2) is 18.1 Å². The van der Waals surface area contributed by atoms with Crippen molar-refractivity contribution in [1.82, 2.24) is 0 Å². The third-order valence-electron chi connectivity index (χ3n) is 3.91. The second-order valence-electron chi connectivity index (χ2n) is 6.14. The van der Waals surface area contributed by atoms with Crippen molar-refractivity contribution >= 4 is 11.6 Å². The standard InChI is InChI=1S/C17H26N2O2/c1-4-5-6-7-10-19-14-11-13(12-18)8-9-15(14)21-17(2,3)16(19)20/h8-9,11H,4-7,10,12,18H2,1-3H3. The molecule has 0 spiro atoms. The summed E-state index contributed by atoms with van der Waals surface area (Å²) in [6.45, 7) is 7.05. The topological polar surface area (TPSA) is 55.6 Å². The molecule has 1 heterocycles. The van der Waals surface area contributed by atoms with E-state index >= 15 is 0 Å². The Hall–Kier alpha value is -1.55. The van der Waals surface area contributed by atoms with Crippen molar-refractivity contribution in [3.05, 3.63) is 23.8 Å². The molecule has 1 aromatic carbocycles. The van der Waals surface area contributed by atoms with Crippen LogP contribution in [0.2, 0.25) is 0 Å². The number of hydrogen-bond donors (Lipinski definition) is 1. The number of unbranched alkanes of at least 4 members (excludes halogenated alkanes) is 3. The van der Waals surface area contributed by atoms with E-state index in [-0.39, 0.29) is 5.91 Å². The van der Waals surface area contributed by atoms with Gasteiger partial charge in [-0.2, -0.15) is 0 Å². The smallest absolute Gasteiger partial charge is 0.270 e. The van der Waals surface area contributed by atoms with Gasteiger partial charge in [0.2, 0.25) is 0 Å². The first-order valence-electron chi connectivity index (χ1n) is 7.83. The largest absolute Gasteiger partial charge is 0.476 e. The summed E-state index contributed by atoms with van der Waals surface area (Å²) in [7, 11) is 0. The molecule has 1 aromatic rings. The van der Waals surface area contributed by atoms with Crippen molar-refractivity contribution in [2.75, 3.05) is 11.4 Å². The summed E-state index contributed by atoms with van der Waals surface area (Å²) in [5, 5.41) is 0. The van der Waals surface area contributed by atoms with E-state index in [9.17, 15) is 4.79 Å². The highest BCUT2D eigenvalue weighted by molar-refractivity contribution is 6.02. The summed E-state index contributed by atoms with van der Waals surface area (Å²) in [5.74, 6) is 0.799. The first-order valence-corrected chi connectivity index (χ1v) is 7.83. The summed E-state index contributed by atoms with van der Waals surface area (Å²) in [6.07, 6.45) is 4.56. The minimum absolute atomic E-state index is 0.0284. The molecule has 21 heavy (non-hydrogen) atoms. The summed E-state index contributed by atoms with van der Waals surface area (Å²) in [5.41, 5.74) is 6.79. The number of ether oxygens (including phenoxy) is 1. The summed E-state index contributed by atoms with van der Waals surface area (Å²) in [6, 6.07) is 5.85. The van der Waals surface area contributed by atoms with E-state index in [0.29, 0.717) is 6.54 Å². The predicted octanol–water partition coefficient (Wildman–Crippen LogP) is 3.23. The molecule has 0 saturated carbocycles. The van der Waals surface area contributed by atoms with Crippen LogP contribution in [0.25, 0.3) is 0 Å². The number of nitrogens with two attached hydrogens (primary N) is 1. The molecule has 2 rings (SSSR count). The highest BCUT2D eigenvalue weighted by Gasteiger charge is 2.40. The van der Waals surface area contributed by atoms with E-state index < -0.39 is 5.60 Å². The Balaban J connectivity index is 2.26. The van der Waals surface area contributed by atoms with Gasteiger partial charge in [0, 0.05) is 13.1 Å². The zero-order valence-corrected chi connectivity index (χ0v) is 13.3. The highest BCUT2D eigenvalue weighted by atomic mass is 16.5. The molecular weight excluding hydrogens is 264 g/mol. The number of benzene rings is 1. The number of anilines is 1. The van der Waals surface area contributed by atoms with Crippen LogP contribution in [-0.2, 0) is 11.3 Å². The summed E-state index contributed by atoms with van der Waals surface area (Å²) >= 11 is 0. The van der Waals surface area contributed by atoms with E-state index in [1.807, 2.05) is 36.9 Å². The van der Waals surface area contributed by atoms with Gasteiger partial charge in [-0.05, 0) is 38.0 Å². The Labute approximate surface area is 127 Å². The number of fused-ring (bicyclic) bond motifs is 1. The zero-order chi connectivity index (χ0) is 15.5. The van der Waals surface area contributed by atoms with Gasteiger partial charge in [-0.25, -0.2) is 0 Å². The van der Waals surface area contributed by atoms with Gasteiger partial charge in [-0.3, -0.25) is 4.79 Å². The summed E-state index contributed by atoms with van der Waals surface area (Å²) < 4.78 is 5.86. The van der Waals surface area contributed by atoms with Crippen molar-refractivity contribution in [3.8, 4) is 5.75 Å². The van der Waals surface area contributed by atoms with Crippen LogP contribution < -0.4 is 15.4 Å². The molecule has 0 fully saturated rings. The predicted molar refractivity (Wildman–Crippen MR) is 85.5 cm³/mol. The molecule has 1 aliphatic heterocycles. The second-order valence-corrected chi connectivity index (χ2v) is 6.14. The molecule has 0 radical (unpaired) electrons.